The molecule has 0 aliphatic carbocycles. The van der Waals surface area contributed by atoms with E-state index in [9.17, 15) is 22.8 Å². The lowest BCUT2D eigenvalue weighted by Crippen LogP contribution is -2.28. The number of alkyl halides is 3. The fourth-order valence-electron chi connectivity index (χ4n) is 3.43. The second-order valence-corrected chi connectivity index (χ2v) is 7.54. The molecule has 1 aliphatic rings. The zero-order valence-corrected chi connectivity index (χ0v) is 17.1. The van der Waals surface area contributed by atoms with Gasteiger partial charge >= 0.3 is 6.18 Å². The second-order valence-electron chi connectivity index (χ2n) is 7.54. The highest BCUT2D eigenvalue weighted by atomic mass is 19.4. The van der Waals surface area contributed by atoms with Gasteiger partial charge in [0, 0.05) is 38.4 Å². The third-order valence-electron chi connectivity index (χ3n) is 5.23. The van der Waals surface area contributed by atoms with E-state index in [2.05, 4.69) is 5.32 Å². The van der Waals surface area contributed by atoms with Gasteiger partial charge in [-0.2, -0.15) is 13.2 Å². The summed E-state index contributed by atoms with van der Waals surface area (Å²) in [5.74, 6) is -1.55. The number of nitrogens with one attached hydrogen (secondary N) is 1. The van der Waals surface area contributed by atoms with E-state index in [1.165, 1.54) is 17.0 Å². The van der Waals surface area contributed by atoms with Gasteiger partial charge in [0.1, 0.15) is 0 Å². The predicted octanol–water partition coefficient (Wildman–Crippen LogP) is 4.33. The number of amides is 2. The molecule has 1 heterocycles. The van der Waals surface area contributed by atoms with E-state index >= 15 is 0 Å². The van der Waals surface area contributed by atoms with Gasteiger partial charge in [0.05, 0.1) is 17.2 Å². The summed E-state index contributed by atoms with van der Waals surface area (Å²) < 4.78 is 40.5. The van der Waals surface area contributed by atoms with Crippen LogP contribution in [-0.2, 0) is 22.2 Å². The molecule has 1 atom stereocenters. The molecule has 160 valence electrons. The van der Waals surface area contributed by atoms with Crippen molar-refractivity contribution in [2.24, 2.45) is 5.92 Å². The van der Waals surface area contributed by atoms with Gasteiger partial charge in [-0.25, -0.2) is 0 Å². The summed E-state index contributed by atoms with van der Waals surface area (Å²) in [6, 6.07) is 11.2. The van der Waals surface area contributed by atoms with Crippen molar-refractivity contribution in [3.8, 4) is 0 Å². The van der Waals surface area contributed by atoms with Crippen LogP contribution in [0, 0.1) is 5.92 Å². The number of carbonyl (C=O) groups is 2. The molecule has 1 fully saturated rings. The topological polar surface area (TPSA) is 52.7 Å². The number of carbonyl (C=O) groups excluding carboxylic acids is 2. The SMILES string of the molecule is CCc1ccc(N2CC(C(=O)Nc3ccc(N(C)C)cc3C(F)(F)F)CC2=O)cc1. The van der Waals surface area contributed by atoms with Crippen LogP contribution in [0.2, 0.25) is 0 Å². The van der Waals surface area contributed by atoms with E-state index in [1.807, 2.05) is 31.2 Å². The highest BCUT2D eigenvalue weighted by Gasteiger charge is 2.38. The largest absolute Gasteiger partial charge is 0.418 e. The molecule has 0 saturated carbocycles. The number of aryl methyl sites for hydroxylation is 1. The molecule has 1 saturated heterocycles. The van der Waals surface area contributed by atoms with Crippen molar-refractivity contribution in [1.29, 1.82) is 0 Å². The van der Waals surface area contributed by atoms with E-state index in [0.29, 0.717) is 11.4 Å². The van der Waals surface area contributed by atoms with Crippen molar-refractivity contribution < 1.29 is 22.8 Å². The van der Waals surface area contributed by atoms with Gasteiger partial charge in [0.2, 0.25) is 11.8 Å². The molecule has 2 aromatic carbocycles. The molecule has 1 aliphatic heterocycles. The fourth-order valence-corrected chi connectivity index (χ4v) is 3.43. The van der Waals surface area contributed by atoms with Crippen LogP contribution in [0.15, 0.2) is 42.5 Å². The van der Waals surface area contributed by atoms with Crippen LogP contribution >= 0.6 is 0 Å². The second kappa shape index (κ2) is 8.38. The molecule has 5 nitrogen and oxygen atoms in total. The molecule has 0 radical (unpaired) electrons. The summed E-state index contributed by atoms with van der Waals surface area (Å²) >= 11 is 0. The Morgan fingerprint density at radius 3 is 2.40 bits per heavy atom. The first-order valence-electron chi connectivity index (χ1n) is 9.69. The molecule has 1 unspecified atom stereocenters. The molecule has 1 N–H and O–H groups in total. The van der Waals surface area contributed by atoms with E-state index in [1.54, 1.807) is 19.0 Å². The van der Waals surface area contributed by atoms with Crippen LogP contribution in [0.5, 0.6) is 0 Å². The van der Waals surface area contributed by atoms with Crippen molar-refractivity contribution in [2.75, 3.05) is 35.8 Å². The standard InChI is InChI=1S/C22H24F3N3O2/c1-4-14-5-7-16(8-6-14)28-13-15(11-20(28)29)21(30)26-19-10-9-17(27(2)3)12-18(19)22(23,24)25/h5-10,12,15H,4,11,13H2,1-3H3,(H,26,30). The lowest BCUT2D eigenvalue weighted by Gasteiger charge is -2.20. The number of anilines is 3. The third kappa shape index (κ3) is 4.58. The quantitative estimate of drug-likeness (QED) is 0.785. The lowest BCUT2D eigenvalue weighted by molar-refractivity contribution is -0.137. The van der Waals surface area contributed by atoms with Crippen LogP contribution in [0.25, 0.3) is 0 Å². The number of benzene rings is 2. The average Bonchev–Trinajstić information content (AvgIpc) is 3.09. The monoisotopic (exact) mass is 419 g/mol. The minimum Gasteiger partial charge on any atom is -0.378 e. The van der Waals surface area contributed by atoms with Crippen LogP contribution < -0.4 is 15.1 Å². The molecule has 2 aromatic rings. The Morgan fingerprint density at radius 2 is 1.83 bits per heavy atom. The third-order valence-corrected chi connectivity index (χ3v) is 5.23. The minimum atomic E-state index is -4.62. The Labute approximate surface area is 173 Å². The molecular formula is C22H24F3N3O2. The van der Waals surface area contributed by atoms with Crippen LogP contribution in [0.3, 0.4) is 0 Å². The maximum atomic E-state index is 13.5. The summed E-state index contributed by atoms with van der Waals surface area (Å²) in [6.45, 7) is 2.16. The number of hydrogen-bond acceptors (Lipinski definition) is 3. The van der Waals surface area contributed by atoms with Crippen LogP contribution in [0.4, 0.5) is 30.2 Å². The lowest BCUT2D eigenvalue weighted by atomic mass is 10.1. The number of hydrogen-bond donors (Lipinski definition) is 1. The van der Waals surface area contributed by atoms with Gasteiger partial charge in [0.25, 0.3) is 0 Å². The average molecular weight is 419 g/mol. The zero-order chi connectivity index (χ0) is 22.1. The first-order chi connectivity index (χ1) is 14.1. The van der Waals surface area contributed by atoms with Gasteiger partial charge in [-0.15, -0.1) is 0 Å². The van der Waals surface area contributed by atoms with Gasteiger partial charge in [-0.3, -0.25) is 9.59 Å². The maximum absolute atomic E-state index is 13.5. The van der Waals surface area contributed by atoms with Crippen molar-refractivity contribution in [1.82, 2.24) is 0 Å². The molecule has 0 spiro atoms. The molecule has 8 heteroatoms. The number of rotatable bonds is 5. The summed E-state index contributed by atoms with van der Waals surface area (Å²) in [5.41, 5.74) is 0.951. The van der Waals surface area contributed by atoms with E-state index in [4.69, 9.17) is 0 Å². The highest BCUT2D eigenvalue weighted by molar-refractivity contribution is 6.03. The van der Waals surface area contributed by atoms with Crippen molar-refractivity contribution >= 4 is 28.9 Å². The summed E-state index contributed by atoms with van der Waals surface area (Å²) in [5, 5.41) is 2.38. The number of halogens is 3. The Balaban J connectivity index is 1.77. The summed E-state index contributed by atoms with van der Waals surface area (Å²) in [7, 11) is 3.28. The highest BCUT2D eigenvalue weighted by Crippen LogP contribution is 2.37. The Bertz CT molecular complexity index is 940. The molecular weight excluding hydrogens is 395 g/mol. The van der Waals surface area contributed by atoms with Gasteiger partial charge < -0.3 is 15.1 Å². The maximum Gasteiger partial charge on any atom is 0.418 e. The molecule has 0 bridgehead atoms. The van der Waals surface area contributed by atoms with Crippen molar-refractivity contribution in [3.05, 3.63) is 53.6 Å². The van der Waals surface area contributed by atoms with Gasteiger partial charge in [-0.05, 0) is 42.3 Å². The van der Waals surface area contributed by atoms with Crippen LogP contribution in [-0.4, -0.2) is 32.5 Å². The first kappa shape index (κ1) is 21.7. The van der Waals surface area contributed by atoms with Gasteiger partial charge in [0.15, 0.2) is 0 Å². The van der Waals surface area contributed by atoms with Crippen molar-refractivity contribution in [2.45, 2.75) is 25.9 Å². The molecule has 2 amide bonds. The Morgan fingerprint density at radius 1 is 1.17 bits per heavy atom. The fraction of sp³-hybridized carbons (Fsp3) is 0.364. The predicted molar refractivity (Wildman–Crippen MR) is 111 cm³/mol. The van der Waals surface area contributed by atoms with E-state index in [-0.39, 0.29) is 24.6 Å². The smallest absolute Gasteiger partial charge is 0.378 e. The Kier molecular flexibility index (Phi) is 6.05. The van der Waals surface area contributed by atoms with E-state index < -0.39 is 23.6 Å². The summed E-state index contributed by atoms with van der Waals surface area (Å²) in [4.78, 5) is 28.1. The normalized spacial score (nSPS) is 16.7. The number of nitrogens with zero attached hydrogens (tertiary/aromatic N) is 2. The van der Waals surface area contributed by atoms with Gasteiger partial charge in [-0.1, -0.05) is 19.1 Å². The zero-order valence-electron chi connectivity index (χ0n) is 17.1. The minimum absolute atomic E-state index is 0.0432. The molecule has 3 rings (SSSR count). The molecule has 30 heavy (non-hydrogen) atoms. The summed E-state index contributed by atoms with van der Waals surface area (Å²) in [6.07, 6.45) is -3.79. The van der Waals surface area contributed by atoms with E-state index in [0.717, 1.165) is 18.1 Å². The molecule has 0 aromatic heterocycles. The van der Waals surface area contributed by atoms with Crippen LogP contribution in [0.1, 0.15) is 24.5 Å². The first-order valence-corrected chi connectivity index (χ1v) is 9.69. The van der Waals surface area contributed by atoms with Crippen molar-refractivity contribution in [3.63, 3.8) is 0 Å². The Hall–Kier alpha value is -3.03.